The average Bonchev–Trinajstić information content (AvgIpc) is 2.59. The predicted molar refractivity (Wildman–Crippen MR) is 95.9 cm³/mol. The SMILES string of the molecule is CN=Cc1cc2c(=O)n(C)c(=O)n(C)c2nc1-c1ccc(C)cc1. The Kier molecular flexibility index (Phi) is 3.89. The quantitative estimate of drug-likeness (QED) is 0.674. The van der Waals surface area contributed by atoms with Crippen LogP contribution in [0.4, 0.5) is 0 Å². The van der Waals surface area contributed by atoms with Crippen LogP contribution in [0.25, 0.3) is 22.3 Å². The van der Waals surface area contributed by atoms with E-state index in [0.717, 1.165) is 21.3 Å². The molecule has 0 aliphatic carbocycles. The third kappa shape index (κ3) is 2.46. The molecule has 0 radical (unpaired) electrons. The summed E-state index contributed by atoms with van der Waals surface area (Å²) in [6.07, 6.45) is 1.67. The fraction of sp³-hybridized carbons (Fsp3) is 0.222. The molecule has 0 N–H and O–H groups in total. The van der Waals surface area contributed by atoms with Crippen LogP contribution in [0.15, 0.2) is 44.9 Å². The summed E-state index contributed by atoms with van der Waals surface area (Å²) < 4.78 is 2.48. The van der Waals surface area contributed by atoms with E-state index in [1.54, 1.807) is 26.4 Å². The minimum atomic E-state index is -0.397. The summed E-state index contributed by atoms with van der Waals surface area (Å²) in [5.74, 6) is 0. The van der Waals surface area contributed by atoms with Gasteiger partial charge in [-0.15, -0.1) is 0 Å². The molecule has 0 fully saturated rings. The van der Waals surface area contributed by atoms with Crippen LogP contribution in [0.2, 0.25) is 0 Å². The molecule has 1 aromatic carbocycles. The molecule has 0 amide bonds. The molecule has 6 nitrogen and oxygen atoms in total. The zero-order valence-electron chi connectivity index (χ0n) is 14.1. The molecule has 2 heterocycles. The maximum atomic E-state index is 12.4. The van der Waals surface area contributed by atoms with Gasteiger partial charge in [0.2, 0.25) is 0 Å². The highest BCUT2D eigenvalue weighted by molar-refractivity contribution is 5.94. The van der Waals surface area contributed by atoms with Gasteiger partial charge in [-0.05, 0) is 13.0 Å². The van der Waals surface area contributed by atoms with Crippen LogP contribution in [-0.2, 0) is 14.1 Å². The highest BCUT2D eigenvalue weighted by atomic mass is 16.2. The van der Waals surface area contributed by atoms with E-state index in [2.05, 4.69) is 9.98 Å². The fourth-order valence-electron chi connectivity index (χ4n) is 2.70. The van der Waals surface area contributed by atoms with Crippen LogP contribution in [-0.4, -0.2) is 27.4 Å². The number of hydrogen-bond acceptors (Lipinski definition) is 4. The summed E-state index contributed by atoms with van der Waals surface area (Å²) in [5, 5.41) is 0.394. The first kappa shape index (κ1) is 15.9. The fourth-order valence-corrected chi connectivity index (χ4v) is 2.70. The standard InChI is InChI=1S/C18H18N4O2/c1-11-5-7-12(8-6-11)15-13(10-19-2)9-14-16(20-15)21(3)18(24)22(4)17(14)23/h5-10H,1-4H3. The van der Waals surface area contributed by atoms with E-state index >= 15 is 0 Å². The van der Waals surface area contributed by atoms with Gasteiger partial charge in [0.15, 0.2) is 0 Å². The van der Waals surface area contributed by atoms with Crippen molar-refractivity contribution in [2.45, 2.75) is 6.92 Å². The van der Waals surface area contributed by atoms with E-state index in [0.29, 0.717) is 16.7 Å². The number of nitrogens with zero attached hydrogens (tertiary/aromatic N) is 4. The molecule has 0 unspecified atom stereocenters. The summed E-state index contributed by atoms with van der Waals surface area (Å²) in [5.41, 5.74) is 3.10. The second-order valence-electron chi connectivity index (χ2n) is 5.76. The monoisotopic (exact) mass is 322 g/mol. The molecule has 0 bridgehead atoms. The first-order valence-electron chi connectivity index (χ1n) is 7.54. The molecular weight excluding hydrogens is 304 g/mol. The van der Waals surface area contributed by atoms with Crippen LogP contribution >= 0.6 is 0 Å². The molecule has 0 aliphatic rings. The number of aromatic nitrogens is 3. The lowest BCUT2D eigenvalue weighted by Gasteiger charge is -2.11. The third-order valence-corrected chi connectivity index (χ3v) is 4.05. The minimum absolute atomic E-state index is 0.359. The largest absolute Gasteiger partial charge is 0.332 e. The Morgan fingerprint density at radius 3 is 2.38 bits per heavy atom. The summed E-state index contributed by atoms with van der Waals surface area (Å²) >= 11 is 0. The van der Waals surface area contributed by atoms with E-state index in [4.69, 9.17) is 0 Å². The summed E-state index contributed by atoms with van der Waals surface area (Å²) in [4.78, 5) is 33.3. The maximum absolute atomic E-state index is 12.4. The smallest absolute Gasteiger partial charge is 0.296 e. The molecule has 122 valence electrons. The average molecular weight is 322 g/mol. The lowest BCUT2D eigenvalue weighted by atomic mass is 10.0. The lowest BCUT2D eigenvalue weighted by Crippen LogP contribution is -2.37. The molecule has 3 rings (SSSR count). The van der Waals surface area contributed by atoms with Crippen LogP contribution in [0.3, 0.4) is 0 Å². The van der Waals surface area contributed by atoms with Crippen molar-refractivity contribution >= 4 is 17.2 Å². The van der Waals surface area contributed by atoms with E-state index in [1.165, 1.54) is 11.6 Å². The van der Waals surface area contributed by atoms with Crippen LogP contribution in [0.1, 0.15) is 11.1 Å². The maximum Gasteiger partial charge on any atom is 0.332 e. The number of rotatable bonds is 2. The van der Waals surface area contributed by atoms with E-state index in [9.17, 15) is 9.59 Å². The zero-order chi connectivity index (χ0) is 17.4. The normalized spacial score (nSPS) is 11.5. The Morgan fingerprint density at radius 1 is 1.08 bits per heavy atom. The number of aliphatic imine (C=N–C) groups is 1. The van der Waals surface area contributed by atoms with Gasteiger partial charge >= 0.3 is 5.69 Å². The molecular formula is C18H18N4O2. The first-order chi connectivity index (χ1) is 11.4. The molecule has 0 spiro atoms. The summed E-state index contributed by atoms with van der Waals surface area (Å²) in [6.45, 7) is 2.01. The van der Waals surface area contributed by atoms with Gasteiger partial charge in [0, 0.05) is 38.5 Å². The zero-order valence-corrected chi connectivity index (χ0v) is 14.1. The highest BCUT2D eigenvalue weighted by Gasteiger charge is 2.14. The van der Waals surface area contributed by atoms with Gasteiger partial charge in [0.05, 0.1) is 11.1 Å². The molecule has 0 saturated carbocycles. The number of benzene rings is 1. The van der Waals surface area contributed by atoms with Gasteiger partial charge < -0.3 is 0 Å². The number of aryl methyl sites for hydroxylation is 2. The van der Waals surface area contributed by atoms with Crippen molar-refractivity contribution in [2.24, 2.45) is 19.1 Å². The molecule has 0 saturated heterocycles. The van der Waals surface area contributed by atoms with Crippen molar-refractivity contribution in [2.75, 3.05) is 7.05 Å². The van der Waals surface area contributed by atoms with Crippen molar-refractivity contribution < 1.29 is 0 Å². The summed E-state index contributed by atoms with van der Waals surface area (Å²) in [7, 11) is 4.75. The van der Waals surface area contributed by atoms with Gasteiger partial charge in [0.1, 0.15) is 5.65 Å². The Hall–Kier alpha value is -3.02. The van der Waals surface area contributed by atoms with Crippen molar-refractivity contribution in [3.8, 4) is 11.3 Å². The molecule has 0 atom stereocenters. The first-order valence-corrected chi connectivity index (χ1v) is 7.54. The van der Waals surface area contributed by atoms with Crippen molar-refractivity contribution in [3.05, 3.63) is 62.3 Å². The Bertz CT molecular complexity index is 1070. The van der Waals surface area contributed by atoms with Crippen LogP contribution < -0.4 is 11.2 Å². The number of hydrogen-bond donors (Lipinski definition) is 0. The van der Waals surface area contributed by atoms with Gasteiger partial charge in [-0.1, -0.05) is 29.8 Å². The minimum Gasteiger partial charge on any atom is -0.296 e. The second-order valence-corrected chi connectivity index (χ2v) is 5.76. The predicted octanol–water partition coefficient (Wildman–Crippen LogP) is 1.66. The molecule has 0 aliphatic heterocycles. The molecule has 2 aromatic heterocycles. The lowest BCUT2D eigenvalue weighted by molar-refractivity contribution is 0.708. The van der Waals surface area contributed by atoms with E-state index < -0.39 is 5.69 Å². The van der Waals surface area contributed by atoms with Crippen molar-refractivity contribution in [1.29, 1.82) is 0 Å². The number of pyridine rings is 1. The third-order valence-electron chi connectivity index (χ3n) is 4.05. The van der Waals surface area contributed by atoms with Gasteiger partial charge in [-0.3, -0.25) is 18.9 Å². The Balaban J connectivity index is 2.45. The molecule has 6 heteroatoms. The molecule has 3 aromatic rings. The highest BCUT2D eigenvalue weighted by Crippen LogP contribution is 2.23. The Labute approximate surface area is 138 Å². The van der Waals surface area contributed by atoms with Crippen LogP contribution in [0, 0.1) is 6.92 Å². The second kappa shape index (κ2) is 5.88. The van der Waals surface area contributed by atoms with Gasteiger partial charge in [-0.2, -0.15) is 0 Å². The van der Waals surface area contributed by atoms with Crippen LogP contribution in [0.5, 0.6) is 0 Å². The molecule has 24 heavy (non-hydrogen) atoms. The van der Waals surface area contributed by atoms with Gasteiger partial charge in [-0.25, -0.2) is 9.78 Å². The van der Waals surface area contributed by atoms with Crippen molar-refractivity contribution in [1.82, 2.24) is 14.1 Å². The summed E-state index contributed by atoms with van der Waals surface area (Å²) in [6, 6.07) is 9.67. The van der Waals surface area contributed by atoms with Gasteiger partial charge in [0.25, 0.3) is 5.56 Å². The van der Waals surface area contributed by atoms with E-state index in [-0.39, 0.29) is 5.56 Å². The van der Waals surface area contributed by atoms with E-state index in [1.807, 2.05) is 31.2 Å². The Morgan fingerprint density at radius 2 is 1.75 bits per heavy atom. The van der Waals surface area contributed by atoms with Crippen molar-refractivity contribution in [3.63, 3.8) is 0 Å². The number of fused-ring (bicyclic) bond motifs is 1. The topological polar surface area (TPSA) is 69.2 Å².